The maximum Gasteiger partial charge on any atom is 0.329 e. The number of benzene rings is 1. The third-order valence-corrected chi connectivity index (χ3v) is 5.41. The van der Waals surface area contributed by atoms with Gasteiger partial charge in [0.1, 0.15) is 0 Å². The van der Waals surface area contributed by atoms with Crippen LogP contribution in [-0.2, 0) is 11.8 Å². The number of urea groups is 1. The van der Waals surface area contributed by atoms with E-state index < -0.39 is 6.03 Å². The molecule has 130 valence electrons. The van der Waals surface area contributed by atoms with Crippen molar-refractivity contribution in [2.24, 2.45) is 7.05 Å². The van der Waals surface area contributed by atoms with Gasteiger partial charge in [0.05, 0.1) is 5.52 Å². The number of piperazine rings is 1. The first-order valence-corrected chi connectivity index (χ1v) is 8.67. The zero-order chi connectivity index (χ0) is 17.1. The molecule has 0 spiro atoms. The topological polar surface area (TPSA) is 82.5 Å². The third-order valence-electron chi connectivity index (χ3n) is 5.41. The van der Waals surface area contributed by atoms with E-state index >= 15 is 0 Å². The molecule has 2 bridgehead atoms. The van der Waals surface area contributed by atoms with Gasteiger partial charge >= 0.3 is 6.03 Å². The molecule has 1 aromatic heterocycles. The molecular weight excluding hydrogens is 320 g/mol. The summed E-state index contributed by atoms with van der Waals surface area (Å²) in [7, 11) is 1.89. The molecule has 4 aliphatic rings. The van der Waals surface area contributed by atoms with Gasteiger partial charge < -0.3 is 10.2 Å². The van der Waals surface area contributed by atoms with E-state index in [9.17, 15) is 9.59 Å². The summed E-state index contributed by atoms with van der Waals surface area (Å²) >= 11 is 0. The summed E-state index contributed by atoms with van der Waals surface area (Å²) in [5, 5.41) is 11.4. The molecule has 2 aromatic rings. The van der Waals surface area contributed by atoms with Crippen LogP contribution in [0, 0.1) is 0 Å². The van der Waals surface area contributed by atoms with E-state index in [1.165, 1.54) is 12.1 Å². The standard InChI is InChI=1S/C17H20N6O2/c1-21-14-7-12(22-8-10-6-11(9-22)18-10)2-3-13(14)16(20-21)23-5-4-15(24)19-17(23)25/h2-3,7,10-11,18H,4-6,8-9H2,1H3,(H,19,24,25). The number of aryl methyl sites for hydroxylation is 1. The first-order valence-electron chi connectivity index (χ1n) is 8.67. The molecule has 5 heterocycles. The Hall–Kier alpha value is -2.61. The van der Waals surface area contributed by atoms with Crippen LogP contribution in [0.15, 0.2) is 18.2 Å². The minimum Gasteiger partial charge on any atom is -0.368 e. The molecule has 4 saturated heterocycles. The predicted octanol–water partition coefficient (Wildman–Crippen LogP) is 0.570. The number of nitrogens with one attached hydrogen (secondary N) is 2. The highest BCUT2D eigenvalue weighted by atomic mass is 16.2. The highest BCUT2D eigenvalue weighted by Crippen LogP contribution is 2.32. The summed E-state index contributed by atoms with van der Waals surface area (Å²) in [6.07, 6.45) is 1.57. The van der Waals surface area contributed by atoms with E-state index in [-0.39, 0.29) is 5.91 Å². The fourth-order valence-electron chi connectivity index (χ4n) is 4.11. The van der Waals surface area contributed by atoms with E-state index in [1.807, 2.05) is 13.1 Å². The number of aromatic nitrogens is 2. The average molecular weight is 340 g/mol. The lowest BCUT2D eigenvalue weighted by Crippen LogP contribution is -2.67. The summed E-state index contributed by atoms with van der Waals surface area (Å²) in [4.78, 5) is 27.5. The van der Waals surface area contributed by atoms with Crippen LogP contribution in [-0.4, -0.2) is 53.4 Å². The largest absolute Gasteiger partial charge is 0.368 e. The third kappa shape index (κ3) is 2.28. The van der Waals surface area contributed by atoms with E-state index in [0.717, 1.165) is 24.0 Å². The zero-order valence-corrected chi connectivity index (χ0v) is 14.0. The molecule has 8 nitrogen and oxygen atoms in total. The molecule has 25 heavy (non-hydrogen) atoms. The Morgan fingerprint density at radius 1 is 1.20 bits per heavy atom. The van der Waals surface area contributed by atoms with Crippen molar-refractivity contribution in [2.75, 3.05) is 29.4 Å². The lowest BCUT2D eigenvalue weighted by molar-refractivity contribution is -0.120. The van der Waals surface area contributed by atoms with Gasteiger partial charge in [-0.3, -0.25) is 19.7 Å². The van der Waals surface area contributed by atoms with Crippen molar-refractivity contribution in [3.63, 3.8) is 0 Å². The summed E-state index contributed by atoms with van der Waals surface area (Å²) < 4.78 is 1.81. The highest BCUT2D eigenvalue weighted by Gasteiger charge is 2.36. The van der Waals surface area contributed by atoms with Crippen molar-refractivity contribution in [3.05, 3.63) is 18.2 Å². The van der Waals surface area contributed by atoms with Crippen LogP contribution in [0.5, 0.6) is 0 Å². The van der Waals surface area contributed by atoms with Crippen LogP contribution in [0.1, 0.15) is 12.8 Å². The molecule has 8 heteroatoms. The van der Waals surface area contributed by atoms with Gasteiger partial charge in [0.15, 0.2) is 5.82 Å². The summed E-state index contributed by atoms with van der Waals surface area (Å²) in [6.45, 7) is 2.42. The Bertz CT molecular complexity index is 875. The Morgan fingerprint density at radius 2 is 1.96 bits per heavy atom. The predicted molar refractivity (Wildman–Crippen MR) is 93.8 cm³/mol. The van der Waals surface area contributed by atoms with Gasteiger partial charge in [-0.05, 0) is 24.6 Å². The number of hydrogen-bond donors (Lipinski definition) is 2. The minimum absolute atomic E-state index is 0.235. The highest BCUT2D eigenvalue weighted by molar-refractivity contribution is 6.09. The molecule has 2 atom stereocenters. The van der Waals surface area contributed by atoms with Crippen LogP contribution in [0.25, 0.3) is 10.9 Å². The lowest BCUT2D eigenvalue weighted by Gasteiger charge is -2.49. The molecule has 3 amide bonds. The van der Waals surface area contributed by atoms with Crippen LogP contribution >= 0.6 is 0 Å². The smallest absolute Gasteiger partial charge is 0.329 e. The van der Waals surface area contributed by atoms with Crippen molar-refractivity contribution < 1.29 is 9.59 Å². The normalized spacial score (nSPS) is 26.0. The number of anilines is 2. The Morgan fingerprint density at radius 3 is 2.68 bits per heavy atom. The Labute approximate surface area is 144 Å². The van der Waals surface area contributed by atoms with Gasteiger partial charge in [-0.25, -0.2) is 4.79 Å². The second-order valence-electron chi connectivity index (χ2n) is 7.10. The number of hydrogen-bond acceptors (Lipinski definition) is 5. The van der Waals surface area contributed by atoms with E-state index in [1.54, 1.807) is 9.58 Å². The number of rotatable bonds is 2. The van der Waals surface area contributed by atoms with Crippen molar-refractivity contribution in [1.29, 1.82) is 0 Å². The van der Waals surface area contributed by atoms with E-state index in [2.05, 4.69) is 32.8 Å². The summed E-state index contributed by atoms with van der Waals surface area (Å²) in [5.74, 6) is 0.373. The number of fused-ring (bicyclic) bond motifs is 3. The van der Waals surface area contributed by atoms with Gasteiger partial charge in [0.25, 0.3) is 0 Å². The van der Waals surface area contributed by atoms with Crippen molar-refractivity contribution in [3.8, 4) is 0 Å². The Kier molecular flexibility index (Phi) is 3.05. The molecule has 2 N–H and O–H groups in total. The second kappa shape index (κ2) is 5.19. The van der Waals surface area contributed by atoms with Gasteiger partial charge in [-0.15, -0.1) is 0 Å². The fraction of sp³-hybridized carbons (Fsp3) is 0.471. The number of amides is 3. The number of carbonyl (C=O) groups excluding carboxylic acids is 2. The van der Waals surface area contributed by atoms with Gasteiger partial charge in [0.2, 0.25) is 5.91 Å². The molecule has 4 aliphatic heterocycles. The van der Waals surface area contributed by atoms with E-state index in [0.29, 0.717) is 30.9 Å². The first-order chi connectivity index (χ1) is 12.1. The van der Waals surface area contributed by atoms with Gasteiger partial charge in [-0.1, -0.05) is 0 Å². The van der Waals surface area contributed by atoms with Crippen LogP contribution in [0.3, 0.4) is 0 Å². The van der Waals surface area contributed by atoms with Crippen LogP contribution in [0.2, 0.25) is 0 Å². The second-order valence-corrected chi connectivity index (χ2v) is 7.10. The average Bonchev–Trinajstić information content (AvgIpc) is 2.91. The van der Waals surface area contributed by atoms with Crippen molar-refractivity contribution in [2.45, 2.75) is 24.9 Å². The molecule has 0 saturated carbocycles. The van der Waals surface area contributed by atoms with Crippen LogP contribution < -0.4 is 20.4 Å². The lowest BCUT2D eigenvalue weighted by atomic mass is 9.91. The molecule has 4 fully saturated rings. The quantitative estimate of drug-likeness (QED) is 0.835. The zero-order valence-electron chi connectivity index (χ0n) is 14.0. The molecular formula is C17H20N6O2. The van der Waals surface area contributed by atoms with Crippen LogP contribution in [0.4, 0.5) is 16.3 Å². The van der Waals surface area contributed by atoms with E-state index in [4.69, 9.17) is 0 Å². The number of carbonyl (C=O) groups is 2. The summed E-state index contributed by atoms with van der Waals surface area (Å²) in [5.41, 5.74) is 2.18. The molecule has 0 radical (unpaired) electrons. The maximum atomic E-state index is 12.1. The fourth-order valence-corrected chi connectivity index (χ4v) is 4.11. The molecule has 6 rings (SSSR count). The first kappa shape index (κ1) is 14.7. The van der Waals surface area contributed by atoms with Gasteiger partial charge in [-0.2, -0.15) is 5.10 Å². The number of nitrogens with zero attached hydrogens (tertiary/aromatic N) is 4. The van der Waals surface area contributed by atoms with Crippen molar-refractivity contribution in [1.82, 2.24) is 20.4 Å². The number of imide groups is 1. The SMILES string of the molecule is Cn1nc(N2CCC(=O)NC2=O)c2ccc(N3CC4CC(C3)N4)cc21. The van der Waals surface area contributed by atoms with Crippen molar-refractivity contribution >= 4 is 34.3 Å². The number of piperidine rings is 1. The maximum absolute atomic E-state index is 12.1. The molecule has 1 aromatic carbocycles. The molecule has 0 aliphatic carbocycles. The van der Waals surface area contributed by atoms with Gasteiger partial charge in [0, 0.05) is 56.3 Å². The monoisotopic (exact) mass is 340 g/mol. The molecule has 2 unspecified atom stereocenters. The summed E-state index contributed by atoms with van der Waals surface area (Å²) in [6, 6.07) is 7.08. The minimum atomic E-state index is -0.400. The Balaban J connectivity index is 1.50.